The predicted octanol–water partition coefficient (Wildman–Crippen LogP) is 1.71. The minimum atomic E-state index is -0.244. The van der Waals surface area contributed by atoms with Crippen LogP contribution in [0.3, 0.4) is 0 Å². The zero-order chi connectivity index (χ0) is 14.8. The minimum Gasteiger partial charge on any atom is -0.342 e. The summed E-state index contributed by atoms with van der Waals surface area (Å²) in [5.74, 6) is 0.299. The quantitative estimate of drug-likeness (QED) is 0.837. The van der Waals surface area contributed by atoms with Crippen LogP contribution in [0.15, 0.2) is 0 Å². The molecule has 2 aliphatic rings. The van der Waals surface area contributed by atoms with Crippen LogP contribution in [0.1, 0.15) is 46.5 Å². The first kappa shape index (κ1) is 15.8. The van der Waals surface area contributed by atoms with Gasteiger partial charge in [0.15, 0.2) is 0 Å². The Kier molecular flexibility index (Phi) is 5.08. The number of nitrogens with one attached hydrogen (secondary N) is 1. The Morgan fingerprint density at radius 3 is 2.25 bits per heavy atom. The molecule has 2 heterocycles. The topological polar surface area (TPSA) is 35.6 Å². The second-order valence-corrected chi connectivity index (χ2v) is 7.58. The zero-order valence-corrected chi connectivity index (χ0v) is 13.6. The van der Waals surface area contributed by atoms with Crippen molar-refractivity contribution in [1.82, 2.24) is 15.1 Å². The van der Waals surface area contributed by atoms with Gasteiger partial charge in [0, 0.05) is 37.1 Å². The summed E-state index contributed by atoms with van der Waals surface area (Å²) in [6.45, 7) is 10.3. The average Bonchev–Trinajstić information content (AvgIpc) is 2.38. The normalized spacial score (nSPS) is 26.8. The molecule has 1 unspecified atom stereocenters. The number of piperidine rings is 2. The third-order valence-corrected chi connectivity index (χ3v) is 4.52. The standard InChI is InChI=1S/C16H31N3O/c1-16(2,3)15(20)19-10-7-13(8-11-19)17-14-6-5-9-18(4)12-14/h13-14,17H,5-12H2,1-4H3. The molecular formula is C16H31N3O. The van der Waals surface area contributed by atoms with E-state index in [1.54, 1.807) is 0 Å². The van der Waals surface area contributed by atoms with Gasteiger partial charge in [0.2, 0.25) is 5.91 Å². The summed E-state index contributed by atoms with van der Waals surface area (Å²) in [6.07, 6.45) is 4.80. The van der Waals surface area contributed by atoms with Gasteiger partial charge in [-0.3, -0.25) is 4.79 Å². The van der Waals surface area contributed by atoms with Crippen LogP contribution in [0.2, 0.25) is 0 Å². The highest BCUT2D eigenvalue weighted by Crippen LogP contribution is 2.21. The minimum absolute atomic E-state index is 0.244. The summed E-state index contributed by atoms with van der Waals surface area (Å²) in [6, 6.07) is 1.24. The highest BCUT2D eigenvalue weighted by atomic mass is 16.2. The van der Waals surface area contributed by atoms with Gasteiger partial charge in [0.1, 0.15) is 0 Å². The van der Waals surface area contributed by atoms with Crippen molar-refractivity contribution in [3.05, 3.63) is 0 Å². The Morgan fingerprint density at radius 2 is 1.70 bits per heavy atom. The maximum absolute atomic E-state index is 12.3. The van der Waals surface area contributed by atoms with Gasteiger partial charge in [-0.1, -0.05) is 20.8 Å². The van der Waals surface area contributed by atoms with Gasteiger partial charge >= 0.3 is 0 Å². The molecule has 4 nitrogen and oxygen atoms in total. The van der Waals surface area contributed by atoms with Crippen LogP contribution in [0.4, 0.5) is 0 Å². The largest absolute Gasteiger partial charge is 0.342 e. The van der Waals surface area contributed by atoms with Gasteiger partial charge in [0.25, 0.3) is 0 Å². The number of likely N-dealkylation sites (N-methyl/N-ethyl adjacent to an activating group) is 1. The number of rotatable bonds is 2. The van der Waals surface area contributed by atoms with Crippen LogP contribution in [0.5, 0.6) is 0 Å². The second kappa shape index (κ2) is 6.44. The highest BCUT2D eigenvalue weighted by Gasteiger charge is 2.31. The molecule has 0 radical (unpaired) electrons. The van der Waals surface area contributed by atoms with E-state index in [2.05, 4.69) is 17.3 Å². The van der Waals surface area contributed by atoms with Crippen LogP contribution in [0.25, 0.3) is 0 Å². The zero-order valence-electron chi connectivity index (χ0n) is 13.6. The highest BCUT2D eigenvalue weighted by molar-refractivity contribution is 5.81. The molecule has 1 amide bonds. The van der Waals surface area contributed by atoms with Gasteiger partial charge in [-0.25, -0.2) is 0 Å². The molecule has 0 bridgehead atoms. The summed E-state index contributed by atoms with van der Waals surface area (Å²) in [7, 11) is 2.21. The predicted molar refractivity (Wildman–Crippen MR) is 82.7 cm³/mol. The molecule has 116 valence electrons. The van der Waals surface area contributed by atoms with Gasteiger partial charge in [-0.05, 0) is 39.3 Å². The van der Waals surface area contributed by atoms with Crippen molar-refractivity contribution < 1.29 is 4.79 Å². The van der Waals surface area contributed by atoms with E-state index >= 15 is 0 Å². The van der Waals surface area contributed by atoms with E-state index in [4.69, 9.17) is 0 Å². The summed E-state index contributed by atoms with van der Waals surface area (Å²) in [5, 5.41) is 3.81. The number of hydrogen-bond donors (Lipinski definition) is 1. The smallest absolute Gasteiger partial charge is 0.227 e. The van der Waals surface area contributed by atoms with Gasteiger partial charge < -0.3 is 15.1 Å². The Labute approximate surface area is 123 Å². The van der Waals surface area contributed by atoms with Gasteiger partial charge in [0.05, 0.1) is 0 Å². The molecular weight excluding hydrogens is 250 g/mol. The molecule has 2 fully saturated rings. The summed E-state index contributed by atoms with van der Waals surface area (Å²) < 4.78 is 0. The molecule has 2 aliphatic heterocycles. The molecule has 0 aromatic carbocycles. The maximum Gasteiger partial charge on any atom is 0.227 e. The van der Waals surface area contributed by atoms with Crippen molar-refractivity contribution in [3.63, 3.8) is 0 Å². The van der Waals surface area contributed by atoms with Crippen LogP contribution in [-0.2, 0) is 4.79 Å². The molecule has 0 saturated carbocycles. The van der Waals surface area contributed by atoms with Crippen molar-refractivity contribution in [1.29, 1.82) is 0 Å². The molecule has 2 rings (SSSR count). The van der Waals surface area contributed by atoms with E-state index in [0.29, 0.717) is 18.0 Å². The van der Waals surface area contributed by atoms with Gasteiger partial charge in [-0.15, -0.1) is 0 Å². The third-order valence-electron chi connectivity index (χ3n) is 4.52. The average molecular weight is 281 g/mol. The number of carbonyl (C=O) groups excluding carboxylic acids is 1. The molecule has 2 saturated heterocycles. The number of hydrogen-bond acceptors (Lipinski definition) is 3. The lowest BCUT2D eigenvalue weighted by atomic mass is 9.92. The third kappa shape index (κ3) is 4.19. The van der Waals surface area contributed by atoms with Crippen LogP contribution in [-0.4, -0.2) is 61.0 Å². The Morgan fingerprint density at radius 1 is 1.05 bits per heavy atom. The number of nitrogens with zero attached hydrogens (tertiary/aromatic N) is 2. The molecule has 1 N–H and O–H groups in total. The molecule has 0 aliphatic carbocycles. The van der Waals surface area contributed by atoms with Crippen LogP contribution in [0, 0.1) is 5.41 Å². The second-order valence-electron chi connectivity index (χ2n) is 7.58. The fourth-order valence-corrected chi connectivity index (χ4v) is 3.36. The lowest BCUT2D eigenvalue weighted by molar-refractivity contribution is -0.140. The van der Waals surface area contributed by atoms with Gasteiger partial charge in [-0.2, -0.15) is 0 Å². The summed E-state index contributed by atoms with van der Waals surface area (Å²) >= 11 is 0. The fourth-order valence-electron chi connectivity index (χ4n) is 3.36. The molecule has 0 spiro atoms. The molecule has 0 aromatic rings. The molecule has 1 atom stereocenters. The van der Waals surface area contributed by atoms with E-state index in [9.17, 15) is 4.79 Å². The Bertz CT molecular complexity index is 329. The van der Waals surface area contributed by atoms with E-state index in [1.165, 1.54) is 25.9 Å². The number of amides is 1. The summed E-state index contributed by atoms with van der Waals surface area (Å²) in [4.78, 5) is 16.7. The molecule has 20 heavy (non-hydrogen) atoms. The fraction of sp³-hybridized carbons (Fsp3) is 0.938. The lowest BCUT2D eigenvalue weighted by Crippen LogP contribution is -2.53. The first-order chi connectivity index (χ1) is 9.36. The van der Waals surface area contributed by atoms with Crippen molar-refractivity contribution in [2.24, 2.45) is 5.41 Å². The van der Waals surface area contributed by atoms with E-state index in [-0.39, 0.29) is 5.41 Å². The number of carbonyl (C=O) groups is 1. The van der Waals surface area contributed by atoms with Crippen LogP contribution < -0.4 is 5.32 Å². The summed E-state index contributed by atoms with van der Waals surface area (Å²) in [5.41, 5.74) is -0.244. The van der Waals surface area contributed by atoms with Crippen molar-refractivity contribution in [2.45, 2.75) is 58.5 Å². The number of likely N-dealkylation sites (tertiary alicyclic amines) is 2. The first-order valence-electron chi connectivity index (χ1n) is 8.10. The Hall–Kier alpha value is -0.610. The first-order valence-corrected chi connectivity index (χ1v) is 8.10. The monoisotopic (exact) mass is 281 g/mol. The SMILES string of the molecule is CN1CCCC(NC2CCN(C(=O)C(C)(C)C)CC2)C1. The Balaban J connectivity index is 1.75. The van der Waals surface area contributed by atoms with Crippen molar-refractivity contribution >= 4 is 5.91 Å². The maximum atomic E-state index is 12.3. The van der Waals surface area contributed by atoms with E-state index in [0.717, 1.165) is 25.9 Å². The van der Waals surface area contributed by atoms with Crippen molar-refractivity contribution in [3.8, 4) is 0 Å². The molecule has 0 aromatic heterocycles. The molecule has 4 heteroatoms. The van der Waals surface area contributed by atoms with Crippen molar-refractivity contribution in [2.75, 3.05) is 33.2 Å². The van der Waals surface area contributed by atoms with Crippen LogP contribution >= 0.6 is 0 Å². The van der Waals surface area contributed by atoms with E-state index in [1.807, 2.05) is 25.7 Å². The lowest BCUT2D eigenvalue weighted by Gasteiger charge is -2.39. The van der Waals surface area contributed by atoms with E-state index < -0.39 is 0 Å².